The average molecular weight is 323 g/mol. The summed E-state index contributed by atoms with van der Waals surface area (Å²) in [4.78, 5) is 7.22. The highest BCUT2D eigenvalue weighted by Gasteiger charge is 2.40. The first kappa shape index (κ1) is 18.1. The van der Waals surface area contributed by atoms with Crippen LogP contribution in [0, 0.1) is 5.41 Å². The van der Waals surface area contributed by atoms with Crippen molar-refractivity contribution in [2.24, 2.45) is 10.4 Å². The van der Waals surface area contributed by atoms with E-state index >= 15 is 0 Å². The SMILES string of the molecule is C=C/C=C(\N=C1C=CC=CC1)N1CCC(CCC=C)(C(=C)NC)C1. The van der Waals surface area contributed by atoms with Gasteiger partial charge in [-0.15, -0.1) is 6.58 Å². The molecule has 0 aromatic rings. The molecule has 1 N–H and O–H groups in total. The molecule has 1 aliphatic carbocycles. The first-order chi connectivity index (χ1) is 11.6. The van der Waals surface area contributed by atoms with Gasteiger partial charge in [-0.25, -0.2) is 4.99 Å². The molecule has 128 valence electrons. The van der Waals surface area contributed by atoms with E-state index in [-0.39, 0.29) is 5.41 Å². The molecule has 2 rings (SSSR count). The van der Waals surface area contributed by atoms with Crippen LogP contribution >= 0.6 is 0 Å². The van der Waals surface area contributed by atoms with E-state index in [0.717, 1.165) is 56.0 Å². The van der Waals surface area contributed by atoms with Gasteiger partial charge in [-0.05, 0) is 31.4 Å². The number of rotatable bonds is 8. The van der Waals surface area contributed by atoms with E-state index in [9.17, 15) is 0 Å². The number of nitrogens with one attached hydrogen (secondary N) is 1. The number of likely N-dealkylation sites (tertiary alicyclic amines) is 1. The van der Waals surface area contributed by atoms with Crippen LogP contribution in [-0.4, -0.2) is 30.7 Å². The molecule has 0 spiro atoms. The highest BCUT2D eigenvalue weighted by molar-refractivity contribution is 5.97. The average Bonchev–Trinajstić information content (AvgIpc) is 3.05. The fourth-order valence-electron chi connectivity index (χ4n) is 3.36. The Bertz CT molecular complexity index is 607. The molecular weight excluding hydrogens is 294 g/mol. The van der Waals surface area contributed by atoms with Crippen LogP contribution in [0.4, 0.5) is 0 Å². The molecule has 0 radical (unpaired) electrons. The molecule has 3 heteroatoms. The van der Waals surface area contributed by atoms with Crippen LogP contribution in [-0.2, 0) is 0 Å². The quantitative estimate of drug-likeness (QED) is 0.531. The molecule has 1 unspecified atom stereocenters. The van der Waals surface area contributed by atoms with Gasteiger partial charge in [0.25, 0.3) is 0 Å². The molecule has 1 aliphatic heterocycles. The van der Waals surface area contributed by atoms with Gasteiger partial charge in [-0.2, -0.15) is 0 Å². The van der Waals surface area contributed by atoms with E-state index in [0.29, 0.717) is 0 Å². The lowest BCUT2D eigenvalue weighted by Crippen LogP contribution is -2.33. The zero-order valence-corrected chi connectivity index (χ0v) is 14.8. The maximum atomic E-state index is 4.86. The second-order valence-electron chi connectivity index (χ2n) is 6.36. The molecule has 0 bridgehead atoms. The van der Waals surface area contributed by atoms with Gasteiger partial charge in [0, 0.05) is 43.4 Å². The van der Waals surface area contributed by atoms with Crippen LogP contribution in [0.25, 0.3) is 0 Å². The van der Waals surface area contributed by atoms with Gasteiger partial charge < -0.3 is 10.2 Å². The number of hydrogen-bond acceptors (Lipinski definition) is 3. The van der Waals surface area contributed by atoms with Gasteiger partial charge in [0.05, 0.1) is 0 Å². The first-order valence-corrected chi connectivity index (χ1v) is 8.61. The van der Waals surface area contributed by atoms with E-state index in [1.54, 1.807) is 0 Å². The molecule has 1 atom stereocenters. The topological polar surface area (TPSA) is 27.6 Å². The van der Waals surface area contributed by atoms with Crippen molar-refractivity contribution in [3.8, 4) is 0 Å². The van der Waals surface area contributed by atoms with Gasteiger partial charge in [0.1, 0.15) is 5.82 Å². The lowest BCUT2D eigenvalue weighted by Gasteiger charge is -2.31. The van der Waals surface area contributed by atoms with E-state index < -0.39 is 0 Å². The molecule has 0 amide bonds. The fourth-order valence-corrected chi connectivity index (χ4v) is 3.36. The van der Waals surface area contributed by atoms with Gasteiger partial charge in [0.2, 0.25) is 0 Å². The molecule has 2 aliphatic rings. The monoisotopic (exact) mass is 323 g/mol. The van der Waals surface area contributed by atoms with Crippen molar-refractivity contribution in [2.75, 3.05) is 20.1 Å². The third-order valence-corrected chi connectivity index (χ3v) is 4.83. The van der Waals surface area contributed by atoms with Crippen LogP contribution in [0.1, 0.15) is 25.7 Å². The molecule has 1 heterocycles. The van der Waals surface area contributed by atoms with Crippen LogP contribution in [0.3, 0.4) is 0 Å². The molecule has 0 aromatic heterocycles. The largest absolute Gasteiger partial charge is 0.391 e. The Morgan fingerprint density at radius 2 is 2.25 bits per heavy atom. The van der Waals surface area contributed by atoms with Crippen molar-refractivity contribution in [1.82, 2.24) is 10.2 Å². The Morgan fingerprint density at radius 3 is 2.88 bits per heavy atom. The molecule has 1 saturated heterocycles. The minimum Gasteiger partial charge on any atom is -0.391 e. The fraction of sp³-hybridized carbons (Fsp3) is 0.381. The minimum atomic E-state index is 0.0751. The van der Waals surface area contributed by atoms with E-state index in [2.05, 4.69) is 48.2 Å². The van der Waals surface area contributed by atoms with Gasteiger partial charge in [-0.3, -0.25) is 0 Å². The zero-order valence-electron chi connectivity index (χ0n) is 14.8. The Kier molecular flexibility index (Phi) is 6.42. The summed E-state index contributed by atoms with van der Waals surface area (Å²) in [5, 5.41) is 3.28. The summed E-state index contributed by atoms with van der Waals surface area (Å²) >= 11 is 0. The Labute approximate surface area is 146 Å². The van der Waals surface area contributed by atoms with Crippen molar-refractivity contribution >= 4 is 5.71 Å². The number of nitrogens with zero attached hydrogens (tertiary/aromatic N) is 2. The number of hydrogen-bond donors (Lipinski definition) is 1. The Morgan fingerprint density at radius 1 is 1.42 bits per heavy atom. The van der Waals surface area contributed by atoms with E-state index in [1.807, 2.05) is 31.4 Å². The van der Waals surface area contributed by atoms with Gasteiger partial charge in [0.15, 0.2) is 0 Å². The lowest BCUT2D eigenvalue weighted by molar-refractivity contribution is 0.305. The zero-order chi connectivity index (χ0) is 17.4. The van der Waals surface area contributed by atoms with Gasteiger partial charge in [-0.1, -0.05) is 43.5 Å². The van der Waals surface area contributed by atoms with Crippen LogP contribution < -0.4 is 5.32 Å². The molecule has 3 nitrogen and oxygen atoms in total. The van der Waals surface area contributed by atoms with E-state index in [1.165, 1.54) is 0 Å². The summed E-state index contributed by atoms with van der Waals surface area (Å²) in [7, 11) is 1.96. The smallest absolute Gasteiger partial charge is 0.128 e. The summed E-state index contributed by atoms with van der Waals surface area (Å²) in [6.45, 7) is 13.9. The predicted octanol–water partition coefficient (Wildman–Crippen LogP) is 4.36. The third-order valence-electron chi connectivity index (χ3n) is 4.83. The molecule has 0 aromatic carbocycles. The summed E-state index contributed by atoms with van der Waals surface area (Å²) < 4.78 is 0. The van der Waals surface area contributed by atoms with Crippen molar-refractivity contribution < 1.29 is 0 Å². The normalized spacial score (nSPS) is 25.1. The van der Waals surface area contributed by atoms with Crippen LogP contribution in [0.2, 0.25) is 0 Å². The summed E-state index contributed by atoms with van der Waals surface area (Å²) in [6.07, 6.45) is 18.1. The maximum absolute atomic E-state index is 4.86. The predicted molar refractivity (Wildman–Crippen MR) is 105 cm³/mol. The van der Waals surface area contributed by atoms with Crippen LogP contribution in [0.5, 0.6) is 0 Å². The van der Waals surface area contributed by atoms with Gasteiger partial charge >= 0.3 is 0 Å². The first-order valence-electron chi connectivity index (χ1n) is 8.61. The lowest BCUT2D eigenvalue weighted by atomic mass is 9.79. The highest BCUT2D eigenvalue weighted by Crippen LogP contribution is 2.41. The summed E-state index contributed by atoms with van der Waals surface area (Å²) in [5.41, 5.74) is 2.27. The van der Waals surface area contributed by atoms with E-state index in [4.69, 9.17) is 4.99 Å². The maximum Gasteiger partial charge on any atom is 0.128 e. The Hall–Kier alpha value is -2.29. The third kappa shape index (κ3) is 4.16. The second-order valence-corrected chi connectivity index (χ2v) is 6.36. The molecular formula is C21H29N3. The van der Waals surface area contributed by atoms with Crippen LogP contribution in [0.15, 0.2) is 78.8 Å². The summed E-state index contributed by atoms with van der Waals surface area (Å²) in [6, 6.07) is 0. The Balaban J connectivity index is 2.20. The standard InChI is InChI=1S/C21H29N3/c1-5-7-14-21(18(3)22-4)15-16-24(17-21)20(11-6-2)23-19-12-9-8-10-13-19/h5-6,8-12,22H,1-3,7,13-17H2,4H3/b20-11+,23-19?. The van der Waals surface area contributed by atoms with Crippen molar-refractivity contribution in [1.29, 1.82) is 0 Å². The van der Waals surface area contributed by atoms with Crippen molar-refractivity contribution in [3.05, 3.63) is 73.8 Å². The van der Waals surface area contributed by atoms with Crippen molar-refractivity contribution in [3.63, 3.8) is 0 Å². The molecule has 24 heavy (non-hydrogen) atoms. The molecule has 1 fully saturated rings. The minimum absolute atomic E-state index is 0.0751. The number of aliphatic imine (C=N–C) groups is 1. The summed E-state index contributed by atoms with van der Waals surface area (Å²) in [5.74, 6) is 0.990. The second kappa shape index (κ2) is 8.53. The highest BCUT2D eigenvalue weighted by atomic mass is 15.2. The molecule has 0 saturated carbocycles. The van der Waals surface area contributed by atoms with Crippen molar-refractivity contribution in [2.45, 2.75) is 25.7 Å². The number of allylic oxidation sites excluding steroid dienone is 7.